The van der Waals surface area contributed by atoms with Crippen molar-refractivity contribution in [1.82, 2.24) is 39.0 Å². The molecule has 0 spiro atoms. The van der Waals surface area contributed by atoms with E-state index in [-0.39, 0.29) is 93.2 Å². The van der Waals surface area contributed by atoms with Crippen LogP contribution in [0.15, 0.2) is 23.8 Å². The second-order valence-electron chi connectivity index (χ2n) is 10.1. The molecule has 3 aliphatic heterocycles. The van der Waals surface area contributed by atoms with E-state index in [2.05, 4.69) is 29.9 Å². The van der Waals surface area contributed by atoms with Gasteiger partial charge in [0.05, 0.1) is 25.9 Å². The Kier molecular flexibility index (Phi) is 10.7. The van der Waals surface area contributed by atoms with Crippen molar-refractivity contribution in [3.05, 3.63) is 29.3 Å². The molecule has 242 valence electrons. The molecule has 7 rings (SSSR count). The van der Waals surface area contributed by atoms with Crippen molar-refractivity contribution in [3.63, 3.8) is 0 Å². The Balaban J connectivity index is 0.00000217. The maximum absolute atomic E-state index is 13.1. The number of hydrogen-bond donors (Lipinski definition) is 5. The molecule has 10 atom stereocenters. The van der Waals surface area contributed by atoms with E-state index in [4.69, 9.17) is 39.0 Å². The molecule has 3 aliphatic rings. The number of anilines is 2. The van der Waals surface area contributed by atoms with Gasteiger partial charge < -0.3 is 59.0 Å². The van der Waals surface area contributed by atoms with Gasteiger partial charge in [-0.1, -0.05) is 0 Å². The molecule has 0 amide bonds. The van der Waals surface area contributed by atoms with Crippen LogP contribution in [0.3, 0.4) is 0 Å². The first-order chi connectivity index (χ1) is 21.3. The zero-order valence-electron chi connectivity index (χ0n) is 24.3. The van der Waals surface area contributed by atoms with Crippen LogP contribution in [0.25, 0.3) is 22.3 Å². The molecule has 4 aromatic heterocycles. The van der Waals surface area contributed by atoms with Crippen molar-refractivity contribution in [3.8, 4) is 0 Å². The third-order valence-corrected chi connectivity index (χ3v) is 9.24. The molecule has 10 unspecified atom stereocenters. The molecule has 23 nitrogen and oxygen atoms in total. The Morgan fingerprint density at radius 1 is 0.830 bits per heavy atom. The van der Waals surface area contributed by atoms with Crippen LogP contribution in [-0.2, 0) is 36.7 Å². The number of nitrogens with one attached hydrogen (secondary N) is 1. The van der Waals surface area contributed by atoms with Gasteiger partial charge in [0.2, 0.25) is 5.95 Å². The van der Waals surface area contributed by atoms with Crippen molar-refractivity contribution >= 4 is 49.7 Å². The van der Waals surface area contributed by atoms with E-state index in [0.29, 0.717) is 0 Å². The molecule has 3 fully saturated rings. The van der Waals surface area contributed by atoms with Crippen molar-refractivity contribution < 1.29 is 116 Å². The number of aliphatic hydroxyl groups is 2. The van der Waals surface area contributed by atoms with E-state index in [0.717, 1.165) is 17.2 Å². The van der Waals surface area contributed by atoms with E-state index >= 15 is 0 Å². The number of nitrogens with two attached hydrogens (primary N) is 2. The molecule has 3 saturated heterocycles. The Bertz CT molecular complexity index is 1950. The van der Waals surface area contributed by atoms with Crippen LogP contribution in [-0.4, -0.2) is 99.1 Å². The topological polar surface area (TPSA) is 335 Å². The van der Waals surface area contributed by atoms with Gasteiger partial charge in [-0.05, 0) is 0 Å². The third kappa shape index (κ3) is 6.85. The second-order valence-corrected chi connectivity index (χ2v) is 12.8. The maximum Gasteiger partial charge on any atom is 1.00 e. The number of phosphoric ester groups is 2. The maximum atomic E-state index is 13.1. The summed E-state index contributed by atoms with van der Waals surface area (Å²) < 4.78 is 60.1. The molecule has 27 heteroatoms. The van der Waals surface area contributed by atoms with Crippen molar-refractivity contribution in [1.29, 1.82) is 0 Å². The zero-order valence-corrected chi connectivity index (χ0v) is 30.1. The molecule has 4 aromatic rings. The number of rotatable bonds is 2. The van der Waals surface area contributed by atoms with Gasteiger partial charge in [-0.2, -0.15) is 4.98 Å². The fourth-order valence-electron chi connectivity index (χ4n) is 5.28. The average Bonchev–Trinajstić information content (AvgIpc) is 3.72. The molecular formula is C20H22N10Na2O13P2. The van der Waals surface area contributed by atoms with E-state index in [1.807, 2.05) is 0 Å². The van der Waals surface area contributed by atoms with Gasteiger partial charge in [-0.3, -0.25) is 28.0 Å². The molecular weight excluding hydrogens is 696 g/mol. The number of nitrogen functional groups attached to an aromatic ring is 2. The fourth-order valence-corrected chi connectivity index (χ4v) is 7.15. The number of nitrogens with zero attached hydrogens (tertiary/aromatic N) is 7. The van der Waals surface area contributed by atoms with Gasteiger partial charge in [-0.25, -0.2) is 19.9 Å². The number of aromatic amines is 1. The Labute approximate surface area is 305 Å². The van der Waals surface area contributed by atoms with Crippen LogP contribution in [0.1, 0.15) is 12.5 Å². The zero-order chi connectivity index (χ0) is 31.8. The Morgan fingerprint density at radius 3 is 2.13 bits per heavy atom. The molecule has 0 saturated carbocycles. The summed E-state index contributed by atoms with van der Waals surface area (Å²) in [4.78, 5) is 60.4. The summed E-state index contributed by atoms with van der Waals surface area (Å²) >= 11 is 0. The Hall–Kier alpha value is -1.44. The van der Waals surface area contributed by atoms with Crippen molar-refractivity contribution in [2.75, 3.05) is 24.7 Å². The summed E-state index contributed by atoms with van der Waals surface area (Å²) in [5, 5.41) is 22.0. The molecule has 7 heterocycles. The Morgan fingerprint density at radius 2 is 1.43 bits per heavy atom. The predicted molar refractivity (Wildman–Crippen MR) is 139 cm³/mol. The van der Waals surface area contributed by atoms with Crippen LogP contribution in [0.2, 0.25) is 0 Å². The van der Waals surface area contributed by atoms with Gasteiger partial charge in [0.25, 0.3) is 21.2 Å². The van der Waals surface area contributed by atoms with Gasteiger partial charge in [0.1, 0.15) is 48.5 Å². The summed E-state index contributed by atoms with van der Waals surface area (Å²) in [6.07, 6.45) is -9.85. The third-order valence-electron chi connectivity index (χ3n) is 7.30. The number of H-pyrrole nitrogens is 1. The van der Waals surface area contributed by atoms with E-state index in [1.54, 1.807) is 0 Å². The minimum Gasteiger partial charge on any atom is -0.756 e. The summed E-state index contributed by atoms with van der Waals surface area (Å²) in [6, 6.07) is 0. The number of aliphatic hydroxyl groups excluding tert-OH is 2. The smallest absolute Gasteiger partial charge is 0.756 e. The van der Waals surface area contributed by atoms with Crippen LogP contribution in [0.5, 0.6) is 0 Å². The standard InChI is InChI=1S/C20H24N10O13P2.2Na/c21-14-8-15(24-3-23-14)29(4-25-8)18-11(32)12-7(41-18)2-39-45(36,37)43-13-10(31)6(1-38-44(34,35)42-12)40-19(13)30-5-26-9-16(30)27-20(22)28-17(9)33;;/h3-7,10-13,18-19,31-32H,1-2H2,(H,34,35)(H,36,37)(H2,21,23,24)(H3,22,27,28,33);;/q;2*+1/p-2. The van der Waals surface area contributed by atoms with Crippen molar-refractivity contribution in [2.24, 2.45) is 0 Å². The number of imidazole rings is 2. The average molecular weight is 718 g/mol. The first-order valence-corrected chi connectivity index (χ1v) is 15.8. The largest absolute Gasteiger partial charge is 1.00 e. The molecule has 2 bridgehead atoms. The molecule has 0 aromatic carbocycles. The summed E-state index contributed by atoms with van der Waals surface area (Å²) in [5.41, 5.74) is 10.6. The number of phosphoric acid groups is 2. The first-order valence-electron chi connectivity index (χ1n) is 12.9. The quantitative estimate of drug-likeness (QED) is 0.0948. The van der Waals surface area contributed by atoms with Gasteiger partial charge in [0.15, 0.2) is 35.1 Å². The molecule has 0 aliphatic carbocycles. The minimum absolute atomic E-state index is 0. The number of ether oxygens (including phenoxy) is 2. The fraction of sp³-hybridized carbons (Fsp3) is 0.500. The summed E-state index contributed by atoms with van der Waals surface area (Å²) in [5.74, 6) is -0.289. The molecule has 47 heavy (non-hydrogen) atoms. The van der Waals surface area contributed by atoms with Gasteiger partial charge in [0, 0.05) is 0 Å². The van der Waals surface area contributed by atoms with Gasteiger partial charge >= 0.3 is 59.1 Å². The minimum atomic E-state index is -5.38. The summed E-state index contributed by atoms with van der Waals surface area (Å²) in [6.45, 7) is -1.83. The monoisotopic (exact) mass is 718 g/mol. The number of hydrogen-bond acceptors (Lipinski definition) is 20. The summed E-state index contributed by atoms with van der Waals surface area (Å²) in [7, 11) is -10.7. The van der Waals surface area contributed by atoms with Gasteiger partial charge in [-0.15, -0.1) is 0 Å². The van der Waals surface area contributed by atoms with Crippen LogP contribution >= 0.6 is 15.6 Å². The normalized spacial score (nSPS) is 36.1. The molecule has 0 radical (unpaired) electrons. The van der Waals surface area contributed by atoms with E-state index in [9.17, 15) is 33.9 Å². The second kappa shape index (κ2) is 13.7. The number of aromatic nitrogens is 8. The first kappa shape index (κ1) is 36.8. The number of fused-ring (bicyclic) bond motifs is 5. The SMILES string of the molecule is Nc1nc2c(ncn2C2OC3COP(=O)([O-])OC4C(COP(=O)([O-])OC2C3O)OC(n2cnc3c(N)ncnc32)C4O)c(=O)[nH]1.[Na+].[Na+]. The van der Waals surface area contributed by atoms with E-state index in [1.165, 1.54) is 10.9 Å². The predicted octanol–water partition coefficient (Wildman–Crippen LogP) is -9.60. The van der Waals surface area contributed by atoms with Crippen LogP contribution in [0, 0.1) is 0 Å². The van der Waals surface area contributed by atoms with Crippen LogP contribution in [0.4, 0.5) is 11.8 Å². The van der Waals surface area contributed by atoms with Crippen LogP contribution < -0.4 is 85.9 Å². The van der Waals surface area contributed by atoms with Crippen molar-refractivity contribution in [2.45, 2.75) is 49.1 Å². The molecule has 7 N–H and O–H groups in total. The van der Waals surface area contributed by atoms with E-state index < -0.39 is 83.5 Å².